The van der Waals surface area contributed by atoms with Crippen molar-refractivity contribution in [3.8, 4) is 0 Å². The van der Waals surface area contributed by atoms with Gasteiger partial charge < -0.3 is 9.30 Å². The zero-order valence-corrected chi connectivity index (χ0v) is 19.1. The number of hydrogen-bond acceptors (Lipinski definition) is 6. The van der Waals surface area contributed by atoms with Crippen LogP contribution in [0, 0.1) is 20.8 Å². The smallest absolute Gasteiger partial charge is 0.174 e. The summed E-state index contributed by atoms with van der Waals surface area (Å²) in [6.45, 7) is 7.40. The third kappa shape index (κ3) is 4.00. The molecule has 0 bridgehead atoms. The van der Waals surface area contributed by atoms with Crippen molar-refractivity contribution >= 4 is 39.1 Å². The molecular weight excluding hydrogens is 402 g/mol. The van der Waals surface area contributed by atoms with Gasteiger partial charge in [0, 0.05) is 40.9 Å². The van der Waals surface area contributed by atoms with Crippen molar-refractivity contribution in [3.63, 3.8) is 0 Å². The maximum Gasteiger partial charge on any atom is 0.174 e. The number of fused-ring (bicyclic) bond motifs is 3. The minimum atomic E-state index is 0.153. The van der Waals surface area contributed by atoms with Crippen molar-refractivity contribution in [3.05, 3.63) is 39.3 Å². The Morgan fingerprint density at radius 1 is 1.24 bits per heavy atom. The summed E-state index contributed by atoms with van der Waals surface area (Å²) in [5.41, 5.74) is 4.34. The van der Waals surface area contributed by atoms with Crippen LogP contribution in [-0.4, -0.2) is 39.8 Å². The largest absolute Gasteiger partial charge is 0.383 e. The summed E-state index contributed by atoms with van der Waals surface area (Å²) in [7, 11) is 1.70. The highest BCUT2D eigenvalue weighted by Crippen LogP contribution is 2.39. The first-order chi connectivity index (χ1) is 14.0. The molecule has 1 aliphatic carbocycles. The highest BCUT2D eigenvalue weighted by Gasteiger charge is 2.22. The highest BCUT2D eigenvalue weighted by atomic mass is 32.2. The number of ketones is 1. The van der Waals surface area contributed by atoms with Gasteiger partial charge in [0.25, 0.3) is 0 Å². The Morgan fingerprint density at radius 3 is 2.83 bits per heavy atom. The van der Waals surface area contributed by atoms with E-state index in [4.69, 9.17) is 9.72 Å². The van der Waals surface area contributed by atoms with Crippen LogP contribution >= 0.6 is 23.1 Å². The molecule has 3 heterocycles. The quantitative estimate of drug-likeness (QED) is 0.303. The van der Waals surface area contributed by atoms with Crippen molar-refractivity contribution < 1.29 is 9.53 Å². The van der Waals surface area contributed by atoms with E-state index < -0.39 is 0 Å². The number of Topliss-reactive ketones (excluding diaryl/α,β-unsaturated/α-hetero) is 1. The van der Waals surface area contributed by atoms with Crippen LogP contribution in [0.1, 0.15) is 50.9 Å². The molecule has 0 N–H and O–H groups in total. The molecule has 4 rings (SSSR count). The fraction of sp³-hybridized carbons (Fsp3) is 0.500. The standard InChI is InChI=1S/C22H27N3O2S2/c1-13-11-17(14(2)25(13)9-10-27-4)18(26)12-28-21-20-16-7-5-6-8-19(16)29-22(20)24-15(3)23-21/h11H,5-10,12H2,1-4H3. The topological polar surface area (TPSA) is 57.0 Å². The van der Waals surface area contributed by atoms with Gasteiger partial charge in [-0.05, 0) is 58.1 Å². The second-order valence-electron chi connectivity index (χ2n) is 7.61. The fourth-order valence-electron chi connectivity index (χ4n) is 4.15. The number of hydrogen-bond donors (Lipinski definition) is 0. The zero-order valence-electron chi connectivity index (χ0n) is 17.5. The van der Waals surface area contributed by atoms with Crippen molar-refractivity contribution in [2.75, 3.05) is 19.5 Å². The number of thioether (sulfide) groups is 1. The van der Waals surface area contributed by atoms with Crippen LogP contribution in [0.15, 0.2) is 11.1 Å². The van der Waals surface area contributed by atoms with Crippen molar-refractivity contribution in [2.45, 2.75) is 58.0 Å². The lowest BCUT2D eigenvalue weighted by atomic mass is 9.97. The number of carbonyl (C=O) groups is 1. The van der Waals surface area contributed by atoms with Crippen LogP contribution in [0.3, 0.4) is 0 Å². The van der Waals surface area contributed by atoms with Gasteiger partial charge in [0.2, 0.25) is 0 Å². The molecule has 0 spiro atoms. The van der Waals surface area contributed by atoms with Gasteiger partial charge in [0.15, 0.2) is 5.78 Å². The molecule has 0 saturated carbocycles. The molecule has 154 valence electrons. The van der Waals surface area contributed by atoms with Crippen LogP contribution in [0.5, 0.6) is 0 Å². The summed E-state index contributed by atoms with van der Waals surface area (Å²) in [6, 6.07) is 2.00. The Labute approximate surface area is 179 Å². The fourth-order valence-corrected chi connectivity index (χ4v) is 6.51. The van der Waals surface area contributed by atoms with E-state index in [2.05, 4.69) is 9.55 Å². The summed E-state index contributed by atoms with van der Waals surface area (Å²) >= 11 is 3.37. The number of carbonyl (C=O) groups excluding carboxylic acids is 1. The predicted octanol–water partition coefficient (Wildman–Crippen LogP) is 4.92. The first kappa shape index (κ1) is 20.6. The monoisotopic (exact) mass is 429 g/mol. The molecular formula is C22H27N3O2S2. The van der Waals surface area contributed by atoms with Gasteiger partial charge in [-0.25, -0.2) is 9.97 Å². The Balaban J connectivity index is 1.59. The van der Waals surface area contributed by atoms with E-state index in [0.29, 0.717) is 12.4 Å². The van der Waals surface area contributed by atoms with Crippen molar-refractivity contribution in [2.24, 2.45) is 0 Å². The van der Waals surface area contributed by atoms with E-state index in [1.54, 1.807) is 18.9 Å². The zero-order chi connectivity index (χ0) is 20.5. The molecule has 0 saturated heterocycles. The Bertz CT molecular complexity index is 1070. The number of aromatic nitrogens is 3. The van der Waals surface area contributed by atoms with E-state index in [9.17, 15) is 4.79 Å². The molecule has 29 heavy (non-hydrogen) atoms. The Hall–Kier alpha value is -1.70. The van der Waals surface area contributed by atoms with Crippen LogP contribution in [0.4, 0.5) is 0 Å². The second kappa shape index (κ2) is 8.58. The molecule has 7 heteroatoms. The lowest BCUT2D eigenvalue weighted by Gasteiger charge is -2.12. The first-order valence-corrected chi connectivity index (χ1v) is 11.9. The third-order valence-electron chi connectivity index (χ3n) is 5.63. The second-order valence-corrected chi connectivity index (χ2v) is 9.66. The Kier molecular flexibility index (Phi) is 6.08. The molecule has 5 nitrogen and oxygen atoms in total. The van der Waals surface area contributed by atoms with E-state index in [1.807, 2.05) is 38.2 Å². The molecule has 0 atom stereocenters. The molecule has 0 unspecified atom stereocenters. The van der Waals surface area contributed by atoms with E-state index in [1.165, 1.54) is 28.7 Å². The lowest BCUT2D eigenvalue weighted by molar-refractivity contribution is 0.102. The minimum absolute atomic E-state index is 0.153. The van der Waals surface area contributed by atoms with Gasteiger partial charge in [-0.15, -0.1) is 11.3 Å². The van der Waals surface area contributed by atoms with Crippen LogP contribution in [0.2, 0.25) is 0 Å². The minimum Gasteiger partial charge on any atom is -0.383 e. The molecule has 0 radical (unpaired) electrons. The summed E-state index contributed by atoms with van der Waals surface area (Å²) in [5.74, 6) is 1.33. The van der Waals surface area contributed by atoms with Crippen molar-refractivity contribution in [1.82, 2.24) is 14.5 Å². The molecule has 3 aromatic rings. The number of ether oxygens (including phenoxy) is 1. The summed E-state index contributed by atoms with van der Waals surface area (Å²) in [4.78, 5) is 25.0. The lowest BCUT2D eigenvalue weighted by Crippen LogP contribution is -2.10. The predicted molar refractivity (Wildman–Crippen MR) is 120 cm³/mol. The third-order valence-corrected chi connectivity index (χ3v) is 7.79. The van der Waals surface area contributed by atoms with Crippen LogP contribution in [0.25, 0.3) is 10.2 Å². The SMILES string of the molecule is COCCn1c(C)cc(C(=O)CSc2nc(C)nc3sc4c(c23)CCCC4)c1C. The normalized spacial score (nSPS) is 13.8. The maximum absolute atomic E-state index is 13.0. The average Bonchev–Trinajstić information content (AvgIpc) is 3.21. The van der Waals surface area contributed by atoms with Gasteiger partial charge in [0.05, 0.1) is 12.4 Å². The summed E-state index contributed by atoms with van der Waals surface area (Å²) in [6.07, 6.45) is 4.73. The molecule has 0 amide bonds. The number of aryl methyl sites for hydroxylation is 4. The maximum atomic E-state index is 13.0. The van der Waals surface area contributed by atoms with Gasteiger partial charge in [-0.3, -0.25) is 4.79 Å². The summed E-state index contributed by atoms with van der Waals surface area (Å²) < 4.78 is 7.35. The number of nitrogens with zero attached hydrogens (tertiary/aromatic N) is 3. The van der Waals surface area contributed by atoms with E-state index >= 15 is 0 Å². The molecule has 3 aromatic heterocycles. The summed E-state index contributed by atoms with van der Waals surface area (Å²) in [5, 5.41) is 2.16. The van der Waals surface area contributed by atoms with Crippen LogP contribution in [-0.2, 0) is 24.1 Å². The average molecular weight is 430 g/mol. The molecule has 1 aliphatic rings. The molecule has 0 aromatic carbocycles. The van der Waals surface area contributed by atoms with E-state index in [0.717, 1.165) is 52.0 Å². The molecule has 0 fully saturated rings. The van der Waals surface area contributed by atoms with Gasteiger partial charge >= 0.3 is 0 Å². The number of rotatable bonds is 7. The van der Waals surface area contributed by atoms with E-state index in [-0.39, 0.29) is 5.78 Å². The molecule has 0 aliphatic heterocycles. The van der Waals surface area contributed by atoms with Gasteiger partial charge in [-0.1, -0.05) is 11.8 Å². The highest BCUT2D eigenvalue weighted by molar-refractivity contribution is 8.00. The van der Waals surface area contributed by atoms with Crippen molar-refractivity contribution in [1.29, 1.82) is 0 Å². The van der Waals surface area contributed by atoms with Gasteiger partial charge in [0.1, 0.15) is 15.7 Å². The van der Waals surface area contributed by atoms with Crippen LogP contribution < -0.4 is 0 Å². The number of thiophene rings is 1. The Morgan fingerprint density at radius 2 is 2.03 bits per heavy atom. The first-order valence-electron chi connectivity index (χ1n) is 10.1. The van der Waals surface area contributed by atoms with Gasteiger partial charge in [-0.2, -0.15) is 0 Å². The number of methoxy groups -OCH3 is 1.